The minimum absolute atomic E-state index is 0. The molecule has 0 atom stereocenters. The number of esters is 1. The van der Waals surface area contributed by atoms with Crippen LogP contribution in [0.15, 0.2) is 83.9 Å². The zero-order valence-corrected chi connectivity index (χ0v) is 25.8. The number of carbonyl (C=O) groups is 1. The van der Waals surface area contributed by atoms with Crippen molar-refractivity contribution in [1.29, 1.82) is 0 Å². The van der Waals surface area contributed by atoms with Crippen LogP contribution in [0.5, 0.6) is 0 Å². The number of pyridine rings is 1. The van der Waals surface area contributed by atoms with Gasteiger partial charge in [-0.25, -0.2) is 4.79 Å². The number of carbonyl (C=O) groups excluding carboxylic acids is 1. The van der Waals surface area contributed by atoms with E-state index in [2.05, 4.69) is 15.2 Å². The molecule has 4 aromatic rings. The molecular weight excluding hydrogens is 665 g/mol. The highest BCUT2D eigenvalue weighted by atomic mass is 35.5. The minimum Gasteiger partial charge on any atom is -0.461 e. The van der Waals surface area contributed by atoms with Crippen LogP contribution in [0.3, 0.4) is 0 Å². The lowest BCUT2D eigenvalue weighted by molar-refractivity contribution is -0.137. The second-order valence-electron chi connectivity index (χ2n) is 9.77. The van der Waals surface area contributed by atoms with Crippen LogP contribution in [-0.2, 0) is 10.9 Å². The fourth-order valence-electron chi connectivity index (χ4n) is 4.80. The second kappa shape index (κ2) is 15.3. The first-order valence-corrected chi connectivity index (χ1v) is 14.1. The molecular formula is C30H28Cl2F6N4O2S. The van der Waals surface area contributed by atoms with Crippen LogP contribution in [-0.4, -0.2) is 60.7 Å². The summed E-state index contributed by atoms with van der Waals surface area (Å²) >= 11 is -0.136. The average Bonchev–Trinajstić information content (AvgIpc) is 2.96. The van der Waals surface area contributed by atoms with Gasteiger partial charge in [0.05, 0.1) is 22.3 Å². The molecule has 1 aliphatic rings. The van der Waals surface area contributed by atoms with E-state index in [1.54, 1.807) is 42.5 Å². The zero-order valence-electron chi connectivity index (χ0n) is 23.4. The molecule has 1 aliphatic heterocycles. The average molecular weight is 694 g/mol. The predicted octanol–water partition coefficient (Wildman–Crippen LogP) is 8.43. The van der Waals surface area contributed by atoms with Crippen molar-refractivity contribution in [2.24, 2.45) is 0 Å². The van der Waals surface area contributed by atoms with E-state index in [4.69, 9.17) is 4.74 Å². The van der Waals surface area contributed by atoms with E-state index in [-0.39, 0.29) is 59.2 Å². The van der Waals surface area contributed by atoms with Crippen LogP contribution < -0.4 is 10.2 Å². The number of benzene rings is 3. The smallest absolute Gasteiger partial charge is 0.446 e. The lowest BCUT2D eigenvalue weighted by Gasteiger charge is -2.36. The number of ether oxygens (including phenoxy) is 1. The number of aromatic nitrogens is 1. The van der Waals surface area contributed by atoms with Crippen molar-refractivity contribution in [3.63, 3.8) is 0 Å². The summed E-state index contributed by atoms with van der Waals surface area (Å²) in [6.45, 7) is 3.14. The summed E-state index contributed by atoms with van der Waals surface area (Å²) in [5.41, 5.74) is -3.08. The highest BCUT2D eigenvalue weighted by molar-refractivity contribution is 8.00. The Morgan fingerprint density at radius 2 is 1.60 bits per heavy atom. The molecule has 0 spiro atoms. The first kappa shape index (κ1) is 36.1. The van der Waals surface area contributed by atoms with Crippen molar-refractivity contribution in [2.75, 3.05) is 49.5 Å². The molecule has 242 valence electrons. The van der Waals surface area contributed by atoms with Gasteiger partial charge in [0.2, 0.25) is 0 Å². The molecule has 45 heavy (non-hydrogen) atoms. The molecule has 1 saturated heterocycles. The second-order valence-corrected chi connectivity index (χ2v) is 10.9. The van der Waals surface area contributed by atoms with Crippen molar-refractivity contribution >= 4 is 70.5 Å². The molecule has 0 amide bonds. The summed E-state index contributed by atoms with van der Waals surface area (Å²) in [7, 11) is 0. The SMILES string of the molecule is Cl.Cl.O=C(OCCN1CCN(c2cccc(SC(F)(F)F)c2)CC1)c1ccccc1Nc1ccnc2cc(C(F)(F)F)ccc12. The molecule has 0 radical (unpaired) electrons. The van der Waals surface area contributed by atoms with Crippen LogP contribution in [0.1, 0.15) is 15.9 Å². The number of para-hydroxylation sites is 1. The fourth-order valence-corrected chi connectivity index (χ4v) is 5.39. The van der Waals surface area contributed by atoms with Gasteiger partial charge in [0.25, 0.3) is 0 Å². The summed E-state index contributed by atoms with van der Waals surface area (Å²) in [5, 5.41) is 3.59. The van der Waals surface area contributed by atoms with E-state index < -0.39 is 23.2 Å². The normalized spacial score (nSPS) is 14.0. The molecule has 0 unspecified atom stereocenters. The van der Waals surface area contributed by atoms with Gasteiger partial charge in [0, 0.05) is 60.6 Å². The molecule has 2 heterocycles. The van der Waals surface area contributed by atoms with E-state index in [1.165, 1.54) is 24.4 Å². The van der Waals surface area contributed by atoms with Crippen LogP contribution in [0.2, 0.25) is 0 Å². The van der Waals surface area contributed by atoms with E-state index >= 15 is 0 Å². The Labute approximate surface area is 271 Å². The topological polar surface area (TPSA) is 57.7 Å². The molecule has 0 aliphatic carbocycles. The maximum absolute atomic E-state index is 13.1. The van der Waals surface area contributed by atoms with Gasteiger partial charge in [0.15, 0.2) is 0 Å². The molecule has 3 aromatic carbocycles. The quantitative estimate of drug-likeness (QED) is 0.113. The van der Waals surface area contributed by atoms with Crippen molar-refractivity contribution in [1.82, 2.24) is 9.88 Å². The number of halogens is 8. The number of alkyl halides is 6. The Hall–Kier alpha value is -3.39. The zero-order chi connectivity index (χ0) is 30.6. The predicted molar refractivity (Wildman–Crippen MR) is 168 cm³/mol. The van der Waals surface area contributed by atoms with Crippen molar-refractivity contribution in [2.45, 2.75) is 16.6 Å². The monoisotopic (exact) mass is 692 g/mol. The Balaban J connectivity index is 0.00000276. The molecule has 1 N–H and O–H groups in total. The van der Waals surface area contributed by atoms with E-state index in [0.29, 0.717) is 49.5 Å². The van der Waals surface area contributed by atoms with Crippen molar-refractivity contribution in [3.05, 3.63) is 90.1 Å². The number of hydrogen-bond acceptors (Lipinski definition) is 7. The van der Waals surface area contributed by atoms with Crippen molar-refractivity contribution < 1.29 is 35.9 Å². The Morgan fingerprint density at radius 1 is 0.867 bits per heavy atom. The van der Waals surface area contributed by atoms with Crippen LogP contribution in [0.4, 0.5) is 43.4 Å². The lowest BCUT2D eigenvalue weighted by Crippen LogP contribution is -2.47. The number of nitrogens with zero attached hydrogens (tertiary/aromatic N) is 3. The van der Waals surface area contributed by atoms with Gasteiger partial charge in [-0.1, -0.05) is 24.3 Å². The van der Waals surface area contributed by atoms with E-state index in [9.17, 15) is 31.1 Å². The maximum atomic E-state index is 13.1. The Kier molecular flexibility index (Phi) is 12.2. The Bertz CT molecular complexity index is 1600. The standard InChI is InChI=1S/C30H26F6N4O2S.2ClH/c31-29(32,33)20-8-9-23-26(10-11-37-27(23)18-20)38-25-7-2-1-6-24(25)28(41)42-17-16-39-12-14-40(15-13-39)21-4-3-5-22(19-21)43-30(34,35)36;;/h1-11,18-19H,12-17H2,(H,37,38);2*1H. The molecule has 5 rings (SSSR count). The lowest BCUT2D eigenvalue weighted by atomic mass is 10.1. The summed E-state index contributed by atoms with van der Waals surface area (Å²) < 4.78 is 83.2. The number of rotatable bonds is 8. The van der Waals surface area contributed by atoms with Crippen LogP contribution in [0.25, 0.3) is 10.9 Å². The maximum Gasteiger partial charge on any atom is 0.446 e. The van der Waals surface area contributed by atoms with Crippen LogP contribution >= 0.6 is 36.6 Å². The first-order chi connectivity index (χ1) is 20.5. The third-order valence-electron chi connectivity index (χ3n) is 6.92. The summed E-state index contributed by atoms with van der Waals surface area (Å²) in [6, 6.07) is 18.0. The van der Waals surface area contributed by atoms with Gasteiger partial charge >= 0.3 is 17.7 Å². The number of anilines is 3. The highest BCUT2D eigenvalue weighted by Crippen LogP contribution is 2.38. The van der Waals surface area contributed by atoms with Gasteiger partial charge in [-0.3, -0.25) is 9.88 Å². The fraction of sp³-hybridized carbons (Fsp3) is 0.267. The molecule has 0 bridgehead atoms. The third-order valence-corrected chi connectivity index (χ3v) is 7.64. The van der Waals surface area contributed by atoms with Gasteiger partial charge in [0.1, 0.15) is 6.61 Å². The molecule has 0 saturated carbocycles. The molecule has 1 aromatic heterocycles. The summed E-state index contributed by atoms with van der Waals surface area (Å²) in [4.78, 5) is 21.3. The number of hydrogen-bond donors (Lipinski definition) is 1. The molecule has 15 heteroatoms. The first-order valence-electron chi connectivity index (χ1n) is 13.3. The largest absolute Gasteiger partial charge is 0.461 e. The molecule has 1 fully saturated rings. The highest BCUT2D eigenvalue weighted by Gasteiger charge is 2.31. The third kappa shape index (κ3) is 9.55. The summed E-state index contributed by atoms with van der Waals surface area (Å²) in [5.74, 6) is -0.557. The Morgan fingerprint density at radius 3 is 2.31 bits per heavy atom. The van der Waals surface area contributed by atoms with Crippen molar-refractivity contribution in [3.8, 4) is 0 Å². The summed E-state index contributed by atoms with van der Waals surface area (Å²) in [6.07, 6.45) is -3.10. The van der Waals surface area contributed by atoms with E-state index in [1.807, 2.05) is 4.90 Å². The number of thioether (sulfide) groups is 1. The van der Waals surface area contributed by atoms with Gasteiger partial charge < -0.3 is 15.0 Å². The number of piperazine rings is 1. The number of nitrogens with one attached hydrogen (secondary N) is 1. The number of fused-ring (bicyclic) bond motifs is 1. The molecule has 6 nitrogen and oxygen atoms in total. The minimum atomic E-state index is -4.49. The van der Waals surface area contributed by atoms with Crippen LogP contribution in [0, 0.1) is 0 Å². The van der Waals surface area contributed by atoms with Gasteiger partial charge in [-0.15, -0.1) is 24.8 Å². The van der Waals surface area contributed by atoms with Gasteiger partial charge in [-0.05, 0) is 60.3 Å². The van der Waals surface area contributed by atoms with Gasteiger partial charge in [-0.2, -0.15) is 26.3 Å². The van der Waals surface area contributed by atoms with E-state index in [0.717, 1.165) is 17.8 Å².